The van der Waals surface area contributed by atoms with Crippen LogP contribution in [0.3, 0.4) is 0 Å². The molecule has 0 radical (unpaired) electrons. The van der Waals surface area contributed by atoms with Crippen molar-refractivity contribution in [2.45, 2.75) is 39.8 Å². The molecule has 2 aromatic carbocycles. The van der Waals surface area contributed by atoms with Crippen molar-refractivity contribution < 1.29 is 13.2 Å². The number of amides is 1. The van der Waals surface area contributed by atoms with E-state index in [-0.39, 0.29) is 12.5 Å². The summed E-state index contributed by atoms with van der Waals surface area (Å²) in [6.07, 6.45) is 1.43. The number of hydrogen-bond acceptors (Lipinski definition) is 3. The minimum atomic E-state index is -3.68. The predicted octanol–water partition coefficient (Wildman–Crippen LogP) is 4.47. The molecule has 0 saturated carbocycles. The number of nitrogens with one attached hydrogen (secondary N) is 1. The lowest BCUT2D eigenvalue weighted by Gasteiger charge is -2.31. The molecule has 2 rings (SSSR count). The third-order valence-corrected chi connectivity index (χ3v) is 6.15. The van der Waals surface area contributed by atoms with Gasteiger partial charge in [-0.15, -0.1) is 0 Å². The second-order valence-corrected chi connectivity index (χ2v) is 9.43. The molecule has 0 aromatic heterocycles. The van der Waals surface area contributed by atoms with Gasteiger partial charge in [0.1, 0.15) is 6.04 Å². The number of aryl methyl sites for hydroxylation is 2. The highest BCUT2D eigenvalue weighted by molar-refractivity contribution is 7.92. The van der Waals surface area contributed by atoms with Crippen LogP contribution in [0.25, 0.3) is 0 Å². The second kappa shape index (κ2) is 9.16. The number of rotatable bonds is 7. The monoisotopic (exact) mass is 442 g/mol. The zero-order chi connectivity index (χ0) is 21.1. The number of carbonyl (C=O) groups is 1. The molecule has 0 aliphatic carbocycles. The summed E-state index contributed by atoms with van der Waals surface area (Å²) < 4.78 is 26.4. The number of hydrogen-bond donors (Lipinski definition) is 1. The van der Waals surface area contributed by atoms with Crippen LogP contribution < -0.4 is 9.62 Å². The van der Waals surface area contributed by atoms with E-state index in [9.17, 15) is 13.2 Å². The van der Waals surface area contributed by atoms with E-state index in [2.05, 4.69) is 5.32 Å². The number of anilines is 1. The molecule has 0 fully saturated rings. The summed E-state index contributed by atoms with van der Waals surface area (Å²) >= 11 is 12.0. The fourth-order valence-electron chi connectivity index (χ4n) is 2.96. The molecule has 1 atom stereocenters. The summed E-state index contributed by atoms with van der Waals surface area (Å²) in [6.45, 7) is 5.66. The van der Waals surface area contributed by atoms with E-state index in [4.69, 9.17) is 23.2 Å². The van der Waals surface area contributed by atoms with Crippen molar-refractivity contribution in [3.05, 3.63) is 63.1 Å². The Hall–Kier alpha value is -1.76. The summed E-state index contributed by atoms with van der Waals surface area (Å²) in [6, 6.07) is 9.67. The van der Waals surface area contributed by atoms with Crippen LogP contribution in [0.15, 0.2) is 36.4 Å². The van der Waals surface area contributed by atoms with Gasteiger partial charge in [0, 0.05) is 16.6 Å². The fraction of sp³-hybridized carbons (Fsp3) is 0.350. The fourth-order valence-corrected chi connectivity index (χ4v) is 4.69. The smallest absolute Gasteiger partial charge is 0.244 e. The Morgan fingerprint density at radius 3 is 2.39 bits per heavy atom. The highest BCUT2D eigenvalue weighted by Crippen LogP contribution is 2.27. The number of halogens is 2. The van der Waals surface area contributed by atoms with E-state index in [1.54, 1.807) is 31.2 Å². The van der Waals surface area contributed by atoms with E-state index in [0.29, 0.717) is 27.7 Å². The summed E-state index contributed by atoms with van der Waals surface area (Å²) in [5.41, 5.74) is 2.90. The Morgan fingerprint density at radius 2 is 1.82 bits per heavy atom. The van der Waals surface area contributed by atoms with Crippen molar-refractivity contribution >= 4 is 44.8 Å². The first-order chi connectivity index (χ1) is 13.0. The molecule has 28 heavy (non-hydrogen) atoms. The van der Waals surface area contributed by atoms with Crippen LogP contribution in [0.4, 0.5) is 5.69 Å². The molecule has 8 heteroatoms. The minimum Gasteiger partial charge on any atom is -0.350 e. The van der Waals surface area contributed by atoms with Crippen LogP contribution in [0.5, 0.6) is 0 Å². The van der Waals surface area contributed by atoms with Gasteiger partial charge in [-0.05, 0) is 55.2 Å². The molecule has 0 aliphatic rings. The van der Waals surface area contributed by atoms with E-state index in [0.717, 1.165) is 17.4 Å². The Kier molecular flexibility index (Phi) is 7.37. The van der Waals surface area contributed by atoms with Crippen LogP contribution in [0.2, 0.25) is 10.0 Å². The van der Waals surface area contributed by atoms with Gasteiger partial charge in [0.25, 0.3) is 0 Å². The summed E-state index contributed by atoms with van der Waals surface area (Å²) in [5, 5.41) is 3.74. The molecule has 152 valence electrons. The van der Waals surface area contributed by atoms with E-state index >= 15 is 0 Å². The van der Waals surface area contributed by atoms with Gasteiger partial charge in [-0.2, -0.15) is 0 Å². The van der Waals surface area contributed by atoms with Gasteiger partial charge in [0.05, 0.1) is 11.9 Å². The molecular formula is C20H24Cl2N2O3S. The van der Waals surface area contributed by atoms with Crippen LogP contribution in [-0.2, 0) is 21.4 Å². The lowest BCUT2D eigenvalue weighted by Crippen LogP contribution is -2.49. The lowest BCUT2D eigenvalue weighted by molar-refractivity contribution is -0.122. The van der Waals surface area contributed by atoms with E-state index in [1.165, 1.54) is 4.31 Å². The molecule has 0 heterocycles. The van der Waals surface area contributed by atoms with Gasteiger partial charge in [0.2, 0.25) is 15.9 Å². The maximum Gasteiger partial charge on any atom is 0.244 e. The Morgan fingerprint density at radius 1 is 1.14 bits per heavy atom. The van der Waals surface area contributed by atoms with Crippen LogP contribution in [0.1, 0.15) is 30.0 Å². The normalized spacial score (nSPS) is 12.5. The Labute approximate surface area is 176 Å². The highest BCUT2D eigenvalue weighted by atomic mass is 35.5. The molecule has 1 N–H and O–H groups in total. The molecule has 2 aromatic rings. The predicted molar refractivity (Wildman–Crippen MR) is 116 cm³/mol. The molecule has 0 spiro atoms. The van der Waals surface area contributed by atoms with Crippen molar-refractivity contribution in [1.82, 2.24) is 5.32 Å². The van der Waals surface area contributed by atoms with Crippen LogP contribution in [-0.4, -0.2) is 26.6 Å². The maximum atomic E-state index is 12.9. The molecule has 5 nitrogen and oxygen atoms in total. The van der Waals surface area contributed by atoms with Gasteiger partial charge < -0.3 is 5.32 Å². The number of carbonyl (C=O) groups excluding carboxylic acids is 1. The lowest BCUT2D eigenvalue weighted by atomic mass is 10.1. The summed E-state index contributed by atoms with van der Waals surface area (Å²) in [4.78, 5) is 12.9. The molecule has 0 unspecified atom stereocenters. The minimum absolute atomic E-state index is 0.176. The second-order valence-electron chi connectivity index (χ2n) is 6.73. The third-order valence-electron chi connectivity index (χ3n) is 4.40. The molecular weight excluding hydrogens is 419 g/mol. The molecule has 0 saturated heterocycles. The number of sulfonamides is 1. The van der Waals surface area contributed by atoms with Gasteiger partial charge in [-0.25, -0.2) is 8.42 Å². The van der Waals surface area contributed by atoms with E-state index < -0.39 is 16.1 Å². The Balaban J connectivity index is 2.32. The standard InChI is InChI=1S/C20H24Cl2N2O3S/c1-5-18(20(25)23-12-15-8-9-16(21)11-17(15)22)24(28(4,26)27)19-10-13(2)6-7-14(19)3/h6-11,18H,5,12H2,1-4H3,(H,23,25)/t18-/m1/s1. The van der Waals surface area contributed by atoms with Gasteiger partial charge in [-0.1, -0.05) is 48.3 Å². The third kappa shape index (κ3) is 5.40. The van der Waals surface area contributed by atoms with Crippen molar-refractivity contribution in [1.29, 1.82) is 0 Å². The van der Waals surface area contributed by atoms with Gasteiger partial charge in [-0.3, -0.25) is 9.10 Å². The largest absolute Gasteiger partial charge is 0.350 e. The quantitative estimate of drug-likeness (QED) is 0.687. The average molecular weight is 443 g/mol. The van der Waals surface area contributed by atoms with Crippen molar-refractivity contribution in [3.63, 3.8) is 0 Å². The topological polar surface area (TPSA) is 66.5 Å². The molecule has 0 bridgehead atoms. The highest BCUT2D eigenvalue weighted by Gasteiger charge is 2.32. The number of nitrogens with zero attached hydrogens (tertiary/aromatic N) is 1. The van der Waals surface area contributed by atoms with Crippen molar-refractivity contribution in [3.8, 4) is 0 Å². The van der Waals surface area contributed by atoms with Gasteiger partial charge >= 0.3 is 0 Å². The number of benzene rings is 2. The first-order valence-corrected chi connectivity index (χ1v) is 11.4. The van der Waals surface area contributed by atoms with Crippen LogP contribution >= 0.6 is 23.2 Å². The summed E-state index contributed by atoms with van der Waals surface area (Å²) in [7, 11) is -3.68. The van der Waals surface area contributed by atoms with Crippen molar-refractivity contribution in [2.75, 3.05) is 10.6 Å². The average Bonchev–Trinajstić information content (AvgIpc) is 2.60. The first-order valence-electron chi connectivity index (χ1n) is 8.83. The first kappa shape index (κ1) is 22.5. The summed E-state index contributed by atoms with van der Waals surface area (Å²) in [5.74, 6) is -0.389. The SMILES string of the molecule is CC[C@H](C(=O)NCc1ccc(Cl)cc1Cl)N(c1cc(C)ccc1C)S(C)(=O)=O. The van der Waals surface area contributed by atoms with Crippen LogP contribution in [0, 0.1) is 13.8 Å². The Bertz CT molecular complexity index is 977. The van der Waals surface area contributed by atoms with Crippen molar-refractivity contribution in [2.24, 2.45) is 0 Å². The van der Waals surface area contributed by atoms with Gasteiger partial charge in [0.15, 0.2) is 0 Å². The zero-order valence-corrected chi connectivity index (χ0v) is 18.6. The molecule has 1 amide bonds. The van der Waals surface area contributed by atoms with E-state index in [1.807, 2.05) is 26.0 Å². The molecule has 0 aliphatic heterocycles. The maximum absolute atomic E-state index is 12.9. The zero-order valence-electron chi connectivity index (χ0n) is 16.3.